The average Bonchev–Trinajstić information content (AvgIpc) is 3.18. The summed E-state index contributed by atoms with van der Waals surface area (Å²) in [6.45, 7) is 7.63. The summed E-state index contributed by atoms with van der Waals surface area (Å²) in [6, 6.07) is 8.10. The lowest BCUT2D eigenvalue weighted by Gasteiger charge is -2.28. The fraction of sp³-hybridized carbons (Fsp3) is 0.500. The predicted octanol–water partition coefficient (Wildman–Crippen LogP) is 3.16. The van der Waals surface area contributed by atoms with Crippen molar-refractivity contribution in [2.45, 2.75) is 40.2 Å². The fourth-order valence-electron chi connectivity index (χ4n) is 3.94. The van der Waals surface area contributed by atoms with Gasteiger partial charge >= 0.3 is 5.97 Å². The number of aliphatic carboxylic acids is 1. The molecule has 1 fully saturated rings. The summed E-state index contributed by atoms with van der Waals surface area (Å²) in [6.07, 6.45) is 2.90. The highest BCUT2D eigenvalue weighted by molar-refractivity contribution is 5.90. The summed E-state index contributed by atoms with van der Waals surface area (Å²) in [5, 5.41) is 10.8. The number of likely N-dealkylation sites (tertiary alicyclic amines) is 1. The van der Waals surface area contributed by atoms with Crippen LogP contribution in [0.5, 0.6) is 0 Å². The van der Waals surface area contributed by atoms with Gasteiger partial charge in [0.25, 0.3) is 0 Å². The van der Waals surface area contributed by atoms with Crippen LogP contribution in [-0.2, 0) is 22.6 Å². The highest BCUT2D eigenvalue weighted by atomic mass is 16.4. The van der Waals surface area contributed by atoms with Crippen LogP contribution in [0.4, 0.5) is 0 Å². The van der Waals surface area contributed by atoms with E-state index in [1.807, 2.05) is 38.2 Å². The van der Waals surface area contributed by atoms with Gasteiger partial charge in [-0.3, -0.25) is 9.59 Å². The summed E-state index contributed by atoms with van der Waals surface area (Å²) < 4.78 is 2.15. The smallest absolute Gasteiger partial charge is 0.311 e. The zero-order valence-corrected chi connectivity index (χ0v) is 15.2. The Balaban J connectivity index is 1.81. The molecule has 2 aromatic rings. The van der Waals surface area contributed by atoms with Gasteiger partial charge in [0.15, 0.2) is 0 Å². The van der Waals surface area contributed by atoms with Gasteiger partial charge in [0.1, 0.15) is 0 Å². The van der Waals surface area contributed by atoms with Crippen LogP contribution in [0.25, 0.3) is 10.9 Å². The second-order valence-corrected chi connectivity index (χ2v) is 7.32. The highest BCUT2D eigenvalue weighted by Crippen LogP contribution is 2.38. The normalized spacial score (nSPS) is 20.6. The van der Waals surface area contributed by atoms with Crippen molar-refractivity contribution in [2.24, 2.45) is 11.3 Å². The van der Waals surface area contributed by atoms with Crippen molar-refractivity contribution >= 4 is 22.8 Å². The van der Waals surface area contributed by atoms with E-state index in [1.165, 1.54) is 0 Å². The van der Waals surface area contributed by atoms with Crippen LogP contribution in [0.3, 0.4) is 0 Å². The Morgan fingerprint density at radius 2 is 2.00 bits per heavy atom. The van der Waals surface area contributed by atoms with Gasteiger partial charge in [-0.1, -0.05) is 32.0 Å². The van der Waals surface area contributed by atoms with E-state index in [1.54, 1.807) is 4.90 Å². The van der Waals surface area contributed by atoms with E-state index in [0.717, 1.165) is 23.0 Å². The third-order valence-corrected chi connectivity index (χ3v) is 5.74. The van der Waals surface area contributed by atoms with E-state index in [4.69, 9.17) is 0 Å². The molecule has 0 saturated carbocycles. The number of carbonyl (C=O) groups excluding carboxylic acids is 1. The average molecular weight is 342 g/mol. The van der Waals surface area contributed by atoms with Gasteiger partial charge in [-0.2, -0.15) is 0 Å². The van der Waals surface area contributed by atoms with Crippen molar-refractivity contribution < 1.29 is 14.7 Å². The molecule has 5 heteroatoms. The van der Waals surface area contributed by atoms with Gasteiger partial charge in [0.2, 0.25) is 5.91 Å². The number of aryl methyl sites for hydroxylation is 1. The second kappa shape index (κ2) is 6.54. The quantitative estimate of drug-likeness (QED) is 0.908. The molecular weight excluding hydrogens is 316 g/mol. The van der Waals surface area contributed by atoms with Gasteiger partial charge in [-0.15, -0.1) is 0 Å². The van der Waals surface area contributed by atoms with Crippen molar-refractivity contribution in [1.82, 2.24) is 9.47 Å². The summed E-state index contributed by atoms with van der Waals surface area (Å²) in [5.41, 5.74) is 1.34. The Morgan fingerprint density at radius 3 is 2.60 bits per heavy atom. The monoisotopic (exact) mass is 342 g/mol. The van der Waals surface area contributed by atoms with E-state index < -0.39 is 11.4 Å². The maximum Gasteiger partial charge on any atom is 0.311 e. The van der Waals surface area contributed by atoms with Crippen LogP contribution >= 0.6 is 0 Å². The number of nitrogens with zero attached hydrogens (tertiary/aromatic N) is 2. The molecule has 0 radical (unpaired) electrons. The second-order valence-electron chi connectivity index (χ2n) is 7.32. The van der Waals surface area contributed by atoms with E-state index in [0.29, 0.717) is 25.9 Å². The Bertz CT molecular complexity index is 808. The topological polar surface area (TPSA) is 62.5 Å². The van der Waals surface area contributed by atoms with Crippen LogP contribution in [0.15, 0.2) is 30.5 Å². The number of fused-ring (bicyclic) bond motifs is 1. The molecular formula is C20H26N2O3. The summed E-state index contributed by atoms with van der Waals surface area (Å²) in [4.78, 5) is 26.3. The minimum absolute atomic E-state index is 0.00445. The van der Waals surface area contributed by atoms with E-state index >= 15 is 0 Å². The van der Waals surface area contributed by atoms with E-state index in [2.05, 4.69) is 17.6 Å². The predicted molar refractivity (Wildman–Crippen MR) is 97.4 cm³/mol. The lowest BCUT2D eigenvalue weighted by atomic mass is 9.76. The van der Waals surface area contributed by atoms with Crippen LogP contribution in [-0.4, -0.2) is 39.5 Å². The number of carboxylic acid groups (broad SMARTS) is 1. The number of aromatic nitrogens is 1. The molecule has 1 aliphatic rings. The molecule has 25 heavy (non-hydrogen) atoms. The van der Waals surface area contributed by atoms with Crippen LogP contribution in [0, 0.1) is 11.3 Å². The summed E-state index contributed by atoms with van der Waals surface area (Å²) in [7, 11) is 0. The van der Waals surface area contributed by atoms with Crippen molar-refractivity contribution in [3.63, 3.8) is 0 Å². The molecule has 1 aromatic heterocycles. The molecule has 1 aliphatic heterocycles. The zero-order valence-electron chi connectivity index (χ0n) is 15.2. The standard InChI is InChI=1S/C20H26N2O3/c1-4-21-12-15(16-7-5-6-8-17(16)21)11-18(23)22-10-9-20(13-22,14(2)3)19(24)25/h5-8,12,14H,4,9-11,13H2,1-3H3,(H,24,25). The van der Waals surface area contributed by atoms with Crippen molar-refractivity contribution in [3.8, 4) is 0 Å². The molecule has 0 bridgehead atoms. The fourth-order valence-corrected chi connectivity index (χ4v) is 3.94. The number of carboxylic acids is 1. The molecule has 1 atom stereocenters. The van der Waals surface area contributed by atoms with Crippen molar-refractivity contribution in [2.75, 3.05) is 13.1 Å². The Morgan fingerprint density at radius 1 is 1.28 bits per heavy atom. The molecule has 1 saturated heterocycles. The van der Waals surface area contributed by atoms with Crippen molar-refractivity contribution in [3.05, 3.63) is 36.0 Å². The van der Waals surface area contributed by atoms with Crippen molar-refractivity contribution in [1.29, 1.82) is 0 Å². The molecule has 1 amide bonds. The number of hydrogen-bond donors (Lipinski definition) is 1. The third kappa shape index (κ3) is 2.92. The number of carbonyl (C=O) groups is 2. The first-order chi connectivity index (χ1) is 11.9. The maximum absolute atomic E-state index is 12.8. The lowest BCUT2D eigenvalue weighted by molar-refractivity contribution is -0.151. The Kier molecular flexibility index (Phi) is 4.58. The lowest BCUT2D eigenvalue weighted by Crippen LogP contribution is -2.41. The molecule has 3 rings (SSSR count). The summed E-state index contributed by atoms with van der Waals surface area (Å²) >= 11 is 0. The van der Waals surface area contributed by atoms with Gasteiger partial charge in [-0.25, -0.2) is 0 Å². The number of amides is 1. The first-order valence-electron chi connectivity index (χ1n) is 8.97. The Hall–Kier alpha value is -2.30. The SMILES string of the molecule is CCn1cc(CC(=O)N2CCC(C(=O)O)(C(C)C)C2)c2ccccc21. The van der Waals surface area contributed by atoms with Gasteiger partial charge in [0.05, 0.1) is 11.8 Å². The summed E-state index contributed by atoms with van der Waals surface area (Å²) in [5.74, 6) is -0.770. The first-order valence-corrected chi connectivity index (χ1v) is 8.97. The zero-order chi connectivity index (χ0) is 18.2. The number of rotatable bonds is 5. The molecule has 1 aromatic carbocycles. The molecule has 2 heterocycles. The maximum atomic E-state index is 12.8. The molecule has 5 nitrogen and oxygen atoms in total. The van der Waals surface area contributed by atoms with Gasteiger partial charge < -0.3 is 14.6 Å². The molecule has 1 unspecified atom stereocenters. The first kappa shape index (κ1) is 17.5. The number of para-hydroxylation sites is 1. The highest BCUT2D eigenvalue weighted by Gasteiger charge is 2.48. The number of hydrogen-bond acceptors (Lipinski definition) is 2. The molecule has 1 N–H and O–H groups in total. The molecule has 0 aliphatic carbocycles. The minimum Gasteiger partial charge on any atom is -0.481 e. The van der Waals surface area contributed by atoms with Gasteiger partial charge in [0, 0.05) is 36.7 Å². The Labute approximate surface area is 148 Å². The number of benzene rings is 1. The van der Waals surface area contributed by atoms with E-state index in [9.17, 15) is 14.7 Å². The van der Waals surface area contributed by atoms with Crippen LogP contribution in [0.2, 0.25) is 0 Å². The van der Waals surface area contributed by atoms with Crippen LogP contribution < -0.4 is 0 Å². The van der Waals surface area contributed by atoms with Crippen LogP contribution in [0.1, 0.15) is 32.8 Å². The van der Waals surface area contributed by atoms with E-state index in [-0.39, 0.29) is 11.8 Å². The van der Waals surface area contributed by atoms with Gasteiger partial charge in [-0.05, 0) is 30.9 Å². The molecule has 134 valence electrons. The largest absolute Gasteiger partial charge is 0.481 e. The minimum atomic E-state index is -0.812. The third-order valence-electron chi connectivity index (χ3n) is 5.74. The molecule has 0 spiro atoms.